The molecule has 1 rings (SSSR count). The molecule has 0 radical (unpaired) electrons. The van der Waals surface area contributed by atoms with Crippen LogP contribution in [0.4, 0.5) is 8.78 Å². The normalized spacial score (nSPS) is 10.9. The second-order valence-corrected chi connectivity index (χ2v) is 3.33. The number of rotatable bonds is 5. The standard InChI is InChI=1S/C11H15F2N/c1-9-2-4-10(5-3-9)6-7-14-8-11(12)13/h2-5,11,14H,6-8H2,1H3. The Bertz CT molecular complexity index is 256. The summed E-state index contributed by atoms with van der Waals surface area (Å²) < 4.78 is 23.5. The van der Waals surface area contributed by atoms with E-state index < -0.39 is 6.43 Å². The van der Waals surface area contributed by atoms with Crippen molar-refractivity contribution in [2.24, 2.45) is 0 Å². The van der Waals surface area contributed by atoms with Crippen molar-refractivity contribution in [1.29, 1.82) is 0 Å². The van der Waals surface area contributed by atoms with Gasteiger partial charge >= 0.3 is 0 Å². The SMILES string of the molecule is Cc1ccc(CCNCC(F)F)cc1. The summed E-state index contributed by atoms with van der Waals surface area (Å²) in [6.45, 7) is 2.41. The first-order valence-electron chi connectivity index (χ1n) is 4.73. The Morgan fingerprint density at radius 3 is 2.43 bits per heavy atom. The third-order valence-corrected chi connectivity index (χ3v) is 2.01. The highest BCUT2D eigenvalue weighted by molar-refractivity contribution is 5.21. The zero-order valence-electron chi connectivity index (χ0n) is 8.26. The highest BCUT2D eigenvalue weighted by Gasteiger charge is 1.99. The fraction of sp³-hybridized carbons (Fsp3) is 0.455. The Labute approximate surface area is 83.1 Å². The van der Waals surface area contributed by atoms with Crippen molar-refractivity contribution in [3.63, 3.8) is 0 Å². The smallest absolute Gasteiger partial charge is 0.250 e. The average molecular weight is 199 g/mol. The van der Waals surface area contributed by atoms with Gasteiger partial charge in [0.1, 0.15) is 0 Å². The molecule has 0 aliphatic rings. The molecule has 0 amide bonds. The molecule has 1 aromatic rings. The van der Waals surface area contributed by atoms with E-state index in [-0.39, 0.29) is 6.54 Å². The zero-order valence-corrected chi connectivity index (χ0v) is 8.26. The maximum atomic E-state index is 11.8. The number of hydrogen-bond donors (Lipinski definition) is 1. The van der Waals surface area contributed by atoms with Gasteiger partial charge in [0.15, 0.2) is 0 Å². The predicted molar refractivity (Wildman–Crippen MR) is 53.8 cm³/mol. The van der Waals surface area contributed by atoms with Crippen molar-refractivity contribution in [3.8, 4) is 0 Å². The molecule has 0 aliphatic heterocycles. The molecular formula is C11H15F2N. The van der Waals surface area contributed by atoms with Crippen molar-refractivity contribution in [2.45, 2.75) is 19.8 Å². The van der Waals surface area contributed by atoms with Gasteiger partial charge in [0.25, 0.3) is 6.43 Å². The van der Waals surface area contributed by atoms with Crippen LogP contribution in [0.5, 0.6) is 0 Å². The molecule has 0 bridgehead atoms. The first-order chi connectivity index (χ1) is 6.68. The first-order valence-corrected chi connectivity index (χ1v) is 4.73. The van der Waals surface area contributed by atoms with Crippen LogP contribution in [0.15, 0.2) is 24.3 Å². The summed E-state index contributed by atoms with van der Waals surface area (Å²) in [6, 6.07) is 8.11. The lowest BCUT2D eigenvalue weighted by atomic mass is 10.1. The molecule has 0 saturated heterocycles. The summed E-state index contributed by atoms with van der Waals surface area (Å²) in [5, 5.41) is 2.70. The van der Waals surface area contributed by atoms with Crippen molar-refractivity contribution in [2.75, 3.05) is 13.1 Å². The van der Waals surface area contributed by atoms with E-state index in [9.17, 15) is 8.78 Å². The van der Waals surface area contributed by atoms with Crippen molar-refractivity contribution in [1.82, 2.24) is 5.32 Å². The van der Waals surface area contributed by atoms with Gasteiger partial charge in [-0.3, -0.25) is 0 Å². The second kappa shape index (κ2) is 5.70. The number of hydrogen-bond acceptors (Lipinski definition) is 1. The lowest BCUT2D eigenvalue weighted by molar-refractivity contribution is 0.146. The molecule has 0 fully saturated rings. The number of halogens is 2. The van der Waals surface area contributed by atoms with Crippen LogP contribution in [0.25, 0.3) is 0 Å². The molecule has 1 aromatic carbocycles. The Morgan fingerprint density at radius 1 is 1.21 bits per heavy atom. The highest BCUT2D eigenvalue weighted by Crippen LogP contribution is 2.03. The molecule has 0 saturated carbocycles. The Hall–Kier alpha value is -0.960. The Morgan fingerprint density at radius 2 is 1.86 bits per heavy atom. The van der Waals surface area contributed by atoms with E-state index in [1.165, 1.54) is 11.1 Å². The first kappa shape index (κ1) is 11.1. The molecular weight excluding hydrogens is 184 g/mol. The van der Waals surface area contributed by atoms with E-state index in [0.717, 1.165) is 6.42 Å². The van der Waals surface area contributed by atoms with Crippen LogP contribution < -0.4 is 5.32 Å². The van der Waals surface area contributed by atoms with Gasteiger partial charge in [-0.2, -0.15) is 0 Å². The van der Waals surface area contributed by atoms with Crippen molar-refractivity contribution in [3.05, 3.63) is 35.4 Å². The van der Waals surface area contributed by atoms with Crippen LogP contribution in [0.3, 0.4) is 0 Å². The zero-order chi connectivity index (χ0) is 10.4. The van der Waals surface area contributed by atoms with E-state index in [4.69, 9.17) is 0 Å². The maximum Gasteiger partial charge on any atom is 0.250 e. The number of benzene rings is 1. The van der Waals surface area contributed by atoms with Crippen LogP contribution >= 0.6 is 0 Å². The van der Waals surface area contributed by atoms with Gasteiger partial charge in [-0.05, 0) is 25.5 Å². The summed E-state index contributed by atoms with van der Waals surface area (Å²) >= 11 is 0. The van der Waals surface area contributed by atoms with E-state index in [1.807, 2.05) is 31.2 Å². The van der Waals surface area contributed by atoms with Gasteiger partial charge in [-0.25, -0.2) is 8.78 Å². The molecule has 0 unspecified atom stereocenters. The number of aryl methyl sites for hydroxylation is 1. The minimum Gasteiger partial charge on any atom is -0.311 e. The minimum atomic E-state index is -2.26. The van der Waals surface area contributed by atoms with E-state index >= 15 is 0 Å². The molecule has 0 heterocycles. The van der Waals surface area contributed by atoms with Crippen molar-refractivity contribution < 1.29 is 8.78 Å². The van der Waals surface area contributed by atoms with Crippen molar-refractivity contribution >= 4 is 0 Å². The molecule has 0 spiro atoms. The predicted octanol–water partition coefficient (Wildman–Crippen LogP) is 2.39. The van der Waals surface area contributed by atoms with Gasteiger partial charge < -0.3 is 5.32 Å². The molecule has 0 aromatic heterocycles. The van der Waals surface area contributed by atoms with Crippen LogP contribution in [0, 0.1) is 6.92 Å². The molecule has 0 aliphatic carbocycles. The van der Waals surface area contributed by atoms with Crippen LogP contribution in [-0.4, -0.2) is 19.5 Å². The average Bonchev–Trinajstić information content (AvgIpc) is 2.15. The molecule has 3 heteroatoms. The third kappa shape index (κ3) is 4.33. The molecule has 78 valence electrons. The van der Waals surface area contributed by atoms with E-state index in [2.05, 4.69) is 5.32 Å². The lowest BCUT2D eigenvalue weighted by Gasteiger charge is -2.04. The maximum absolute atomic E-state index is 11.8. The van der Waals surface area contributed by atoms with Gasteiger partial charge in [-0.15, -0.1) is 0 Å². The summed E-state index contributed by atoms with van der Waals surface area (Å²) in [5.74, 6) is 0. The molecule has 0 atom stereocenters. The minimum absolute atomic E-state index is 0.216. The number of nitrogens with one attached hydrogen (secondary N) is 1. The van der Waals surface area contributed by atoms with E-state index in [1.54, 1.807) is 0 Å². The fourth-order valence-electron chi connectivity index (χ4n) is 1.20. The van der Waals surface area contributed by atoms with Crippen LogP contribution in [-0.2, 0) is 6.42 Å². The van der Waals surface area contributed by atoms with Crippen LogP contribution in [0.2, 0.25) is 0 Å². The molecule has 1 N–H and O–H groups in total. The number of alkyl halides is 2. The summed E-state index contributed by atoms with van der Waals surface area (Å²) in [6.07, 6.45) is -1.46. The lowest BCUT2D eigenvalue weighted by Crippen LogP contribution is -2.23. The second-order valence-electron chi connectivity index (χ2n) is 3.33. The third-order valence-electron chi connectivity index (χ3n) is 2.01. The summed E-state index contributed by atoms with van der Waals surface area (Å²) in [7, 11) is 0. The Kier molecular flexibility index (Phi) is 4.53. The van der Waals surface area contributed by atoms with Gasteiger partial charge in [0.2, 0.25) is 0 Å². The van der Waals surface area contributed by atoms with Gasteiger partial charge in [0, 0.05) is 0 Å². The molecule has 14 heavy (non-hydrogen) atoms. The van der Waals surface area contributed by atoms with Gasteiger partial charge in [-0.1, -0.05) is 29.8 Å². The summed E-state index contributed by atoms with van der Waals surface area (Å²) in [4.78, 5) is 0. The largest absolute Gasteiger partial charge is 0.311 e. The fourth-order valence-corrected chi connectivity index (χ4v) is 1.20. The summed E-state index contributed by atoms with van der Waals surface area (Å²) in [5.41, 5.74) is 2.40. The Balaban J connectivity index is 2.21. The monoisotopic (exact) mass is 199 g/mol. The van der Waals surface area contributed by atoms with E-state index in [0.29, 0.717) is 6.54 Å². The molecule has 1 nitrogen and oxygen atoms in total. The quantitative estimate of drug-likeness (QED) is 0.718. The van der Waals surface area contributed by atoms with Gasteiger partial charge in [0.05, 0.1) is 6.54 Å². The highest BCUT2D eigenvalue weighted by atomic mass is 19.3. The topological polar surface area (TPSA) is 12.0 Å². The van der Waals surface area contributed by atoms with Crippen LogP contribution in [0.1, 0.15) is 11.1 Å².